The molecule has 2 aromatic carbocycles. The van der Waals surface area contributed by atoms with Gasteiger partial charge in [-0.2, -0.15) is 9.98 Å². The predicted molar refractivity (Wildman–Crippen MR) is 104 cm³/mol. The fraction of sp³-hybridized carbons (Fsp3) is 0.100. The Morgan fingerprint density at radius 3 is 2.41 bits per heavy atom. The van der Waals surface area contributed by atoms with Crippen molar-refractivity contribution in [1.82, 2.24) is 4.98 Å². The van der Waals surface area contributed by atoms with E-state index in [-0.39, 0.29) is 22.1 Å². The van der Waals surface area contributed by atoms with Crippen molar-refractivity contribution in [2.24, 2.45) is 20.2 Å². The van der Waals surface area contributed by atoms with Crippen LogP contribution in [0.15, 0.2) is 68.7 Å². The molecule has 3 aromatic rings. The molecule has 0 fully saturated rings. The highest BCUT2D eigenvalue weighted by Crippen LogP contribution is 2.27. The van der Waals surface area contributed by atoms with Crippen LogP contribution in [0.1, 0.15) is 13.8 Å². The van der Waals surface area contributed by atoms with Crippen molar-refractivity contribution in [2.75, 3.05) is 4.90 Å². The summed E-state index contributed by atoms with van der Waals surface area (Å²) in [7, 11) is 0. The number of pyridine rings is 1. The zero-order valence-corrected chi connectivity index (χ0v) is 15.5. The van der Waals surface area contributed by atoms with Crippen LogP contribution in [-0.4, -0.2) is 22.8 Å². The summed E-state index contributed by atoms with van der Waals surface area (Å²) in [6.07, 6.45) is 0. The number of benzene rings is 2. The summed E-state index contributed by atoms with van der Waals surface area (Å²) in [5.74, 6) is -0.730. The molecule has 1 aliphatic rings. The SMILES string of the molecule is CC(=O)N(C(C)=O)c1c(N=Nc2ccc3ccccc3n2)ccc2c1=NC(=O)N=2. The molecule has 0 saturated heterocycles. The lowest BCUT2D eigenvalue weighted by Gasteiger charge is -2.18. The predicted octanol–water partition coefficient (Wildman–Crippen LogP) is 2.92. The Hall–Kier alpha value is -4.14. The lowest BCUT2D eigenvalue weighted by atomic mass is 10.2. The van der Waals surface area contributed by atoms with Gasteiger partial charge in [-0.1, -0.05) is 18.2 Å². The monoisotopic (exact) mass is 386 g/mol. The van der Waals surface area contributed by atoms with Crippen molar-refractivity contribution in [1.29, 1.82) is 0 Å². The minimum atomic E-state index is -0.710. The molecular formula is C20H14N6O3. The number of anilines is 1. The number of azo groups is 1. The standard InChI is InChI=1S/C20H14N6O3/c1-11(27)26(12(2)28)19-16(9-8-15-18(19)23-20(29)22-15)24-25-17-10-7-13-5-3-4-6-14(13)21-17/h3-10H,1-2H3. The average Bonchev–Trinajstić information content (AvgIpc) is 3.07. The van der Waals surface area contributed by atoms with Gasteiger partial charge in [-0.3, -0.25) is 9.59 Å². The summed E-state index contributed by atoms with van der Waals surface area (Å²) < 4.78 is 0. The third-order valence-electron chi connectivity index (χ3n) is 4.23. The fourth-order valence-electron chi connectivity index (χ4n) is 3.04. The molecule has 0 atom stereocenters. The Bertz CT molecular complexity index is 1330. The van der Waals surface area contributed by atoms with Gasteiger partial charge in [0.15, 0.2) is 5.82 Å². The topological polar surface area (TPSA) is 117 Å². The molecule has 2 heterocycles. The van der Waals surface area contributed by atoms with Gasteiger partial charge in [0.05, 0.1) is 10.9 Å². The van der Waals surface area contributed by atoms with Crippen LogP contribution in [0, 0.1) is 0 Å². The van der Waals surface area contributed by atoms with Crippen LogP contribution in [-0.2, 0) is 9.59 Å². The average molecular weight is 386 g/mol. The summed E-state index contributed by atoms with van der Waals surface area (Å²) >= 11 is 0. The van der Waals surface area contributed by atoms with E-state index in [0.29, 0.717) is 5.82 Å². The Kier molecular flexibility index (Phi) is 4.47. The highest BCUT2D eigenvalue weighted by Gasteiger charge is 2.24. The number of aromatic nitrogens is 1. The molecule has 1 aromatic heterocycles. The molecule has 1 aliphatic heterocycles. The summed E-state index contributed by atoms with van der Waals surface area (Å²) in [4.78, 5) is 48.8. The molecule has 9 heteroatoms. The largest absolute Gasteiger partial charge is 0.368 e. The van der Waals surface area contributed by atoms with Crippen molar-refractivity contribution >= 4 is 45.9 Å². The zero-order chi connectivity index (χ0) is 20.5. The molecule has 0 N–H and O–H groups in total. The van der Waals surface area contributed by atoms with Gasteiger partial charge in [0.2, 0.25) is 11.8 Å². The van der Waals surface area contributed by atoms with Gasteiger partial charge < -0.3 is 0 Å². The number of fused-ring (bicyclic) bond motifs is 2. The van der Waals surface area contributed by atoms with E-state index >= 15 is 0 Å². The molecule has 0 radical (unpaired) electrons. The summed E-state index contributed by atoms with van der Waals surface area (Å²) in [5, 5.41) is 9.65. The minimum Gasteiger partial charge on any atom is -0.274 e. The lowest BCUT2D eigenvalue weighted by Crippen LogP contribution is -2.39. The van der Waals surface area contributed by atoms with E-state index in [4.69, 9.17) is 0 Å². The number of para-hydroxylation sites is 1. The van der Waals surface area contributed by atoms with Gasteiger partial charge >= 0.3 is 6.03 Å². The van der Waals surface area contributed by atoms with E-state index in [1.807, 2.05) is 30.3 Å². The normalized spacial score (nSPS) is 12.6. The van der Waals surface area contributed by atoms with Crippen molar-refractivity contribution in [3.05, 3.63) is 59.2 Å². The highest BCUT2D eigenvalue weighted by atomic mass is 16.2. The molecule has 29 heavy (non-hydrogen) atoms. The van der Waals surface area contributed by atoms with E-state index in [9.17, 15) is 14.4 Å². The van der Waals surface area contributed by atoms with E-state index in [1.165, 1.54) is 26.0 Å². The minimum absolute atomic E-state index is 0.0710. The van der Waals surface area contributed by atoms with Crippen LogP contribution in [0.5, 0.6) is 0 Å². The van der Waals surface area contributed by atoms with Crippen LogP contribution < -0.4 is 15.6 Å². The smallest absolute Gasteiger partial charge is 0.274 e. The highest BCUT2D eigenvalue weighted by molar-refractivity contribution is 6.14. The van der Waals surface area contributed by atoms with E-state index in [2.05, 4.69) is 25.2 Å². The summed E-state index contributed by atoms with van der Waals surface area (Å²) in [6.45, 7) is 2.47. The van der Waals surface area contributed by atoms with Gasteiger partial charge in [-0.15, -0.1) is 10.2 Å². The molecule has 0 aliphatic carbocycles. The first-order valence-corrected chi connectivity index (χ1v) is 8.67. The Balaban J connectivity index is 1.86. The van der Waals surface area contributed by atoms with Gasteiger partial charge in [0.25, 0.3) is 0 Å². The van der Waals surface area contributed by atoms with Gasteiger partial charge in [-0.25, -0.2) is 14.7 Å². The first-order valence-electron chi connectivity index (χ1n) is 8.67. The number of carbonyl (C=O) groups is 3. The lowest BCUT2D eigenvalue weighted by molar-refractivity contribution is -0.124. The van der Waals surface area contributed by atoms with Gasteiger partial charge in [0.1, 0.15) is 16.7 Å². The van der Waals surface area contributed by atoms with Crippen LogP contribution in [0.3, 0.4) is 0 Å². The van der Waals surface area contributed by atoms with Crippen LogP contribution in [0.2, 0.25) is 0 Å². The Morgan fingerprint density at radius 2 is 1.66 bits per heavy atom. The number of carbonyl (C=O) groups excluding carboxylic acids is 3. The number of imide groups is 1. The molecule has 142 valence electrons. The molecule has 9 nitrogen and oxygen atoms in total. The van der Waals surface area contributed by atoms with Crippen molar-refractivity contribution in [3.63, 3.8) is 0 Å². The van der Waals surface area contributed by atoms with Crippen molar-refractivity contribution in [3.8, 4) is 0 Å². The molecule has 4 amide bonds. The summed E-state index contributed by atoms with van der Waals surface area (Å²) in [5.41, 5.74) is 1.02. The molecule has 0 spiro atoms. The maximum absolute atomic E-state index is 12.1. The number of rotatable bonds is 3. The second-order valence-electron chi connectivity index (χ2n) is 6.24. The third-order valence-corrected chi connectivity index (χ3v) is 4.23. The van der Waals surface area contributed by atoms with Gasteiger partial charge in [-0.05, 0) is 30.3 Å². The maximum atomic E-state index is 12.1. The Labute approximate surface area is 164 Å². The van der Waals surface area contributed by atoms with Gasteiger partial charge in [0, 0.05) is 19.2 Å². The molecule has 0 saturated carbocycles. The Morgan fingerprint density at radius 1 is 0.897 bits per heavy atom. The fourth-order valence-corrected chi connectivity index (χ4v) is 3.04. The van der Waals surface area contributed by atoms with Crippen molar-refractivity contribution < 1.29 is 14.4 Å². The first-order chi connectivity index (χ1) is 13.9. The second-order valence-corrected chi connectivity index (χ2v) is 6.24. The van der Waals surface area contributed by atoms with E-state index in [1.54, 1.807) is 6.07 Å². The number of nitrogens with zero attached hydrogens (tertiary/aromatic N) is 6. The maximum Gasteiger partial charge on any atom is 0.368 e. The molecular weight excluding hydrogens is 372 g/mol. The third kappa shape index (κ3) is 3.41. The molecule has 0 unspecified atom stereocenters. The first kappa shape index (κ1) is 18.2. The molecule has 4 rings (SSSR count). The number of urea groups is 1. The molecule has 0 bridgehead atoms. The van der Waals surface area contributed by atoms with Crippen molar-refractivity contribution in [2.45, 2.75) is 13.8 Å². The number of amides is 4. The van der Waals surface area contributed by atoms with Crippen LogP contribution in [0.25, 0.3) is 10.9 Å². The number of hydrogen-bond donors (Lipinski definition) is 0. The van der Waals surface area contributed by atoms with Crippen LogP contribution >= 0.6 is 0 Å². The van der Waals surface area contributed by atoms with E-state index in [0.717, 1.165) is 15.8 Å². The second kappa shape index (κ2) is 7.12. The van der Waals surface area contributed by atoms with Crippen LogP contribution in [0.4, 0.5) is 22.0 Å². The van der Waals surface area contributed by atoms with E-state index < -0.39 is 17.8 Å². The zero-order valence-electron chi connectivity index (χ0n) is 15.5. The quantitative estimate of drug-likeness (QED) is 0.643. The number of hydrogen-bond acceptors (Lipinski definition) is 6. The summed E-state index contributed by atoms with van der Waals surface area (Å²) in [6, 6.07) is 13.5.